The van der Waals surface area contributed by atoms with Gasteiger partial charge in [-0.05, 0) is 18.2 Å². The van der Waals surface area contributed by atoms with Crippen molar-refractivity contribution in [1.29, 1.82) is 0 Å². The second-order valence-corrected chi connectivity index (χ2v) is 6.74. The summed E-state index contributed by atoms with van der Waals surface area (Å²) in [6.07, 6.45) is 1.49. The van der Waals surface area contributed by atoms with Gasteiger partial charge >= 0.3 is 0 Å². The van der Waals surface area contributed by atoms with Crippen LogP contribution in [0, 0.1) is 5.82 Å². The van der Waals surface area contributed by atoms with E-state index in [0.29, 0.717) is 5.52 Å². The largest absolute Gasteiger partial charge is 0.359 e. The van der Waals surface area contributed by atoms with E-state index in [1.807, 2.05) is 0 Å². The molecule has 0 aliphatic rings. The zero-order valence-corrected chi connectivity index (χ0v) is 12.1. The Bertz CT molecular complexity index is 770. The summed E-state index contributed by atoms with van der Waals surface area (Å²) in [4.78, 5) is 11.1. The van der Waals surface area contributed by atoms with Crippen LogP contribution in [0.1, 0.15) is 6.42 Å². The van der Waals surface area contributed by atoms with Crippen molar-refractivity contribution < 1.29 is 17.6 Å². The van der Waals surface area contributed by atoms with Crippen molar-refractivity contribution >= 4 is 36.5 Å². The Labute approximate surface area is 119 Å². The summed E-state index contributed by atoms with van der Waals surface area (Å²) in [5.74, 6) is -0.729. The van der Waals surface area contributed by atoms with Crippen LogP contribution in [0.15, 0.2) is 29.3 Å². The Balaban J connectivity index is 2.53. The number of nitrogens with zero attached hydrogens (tertiary/aromatic N) is 1. The minimum atomic E-state index is -3.99. The standard InChI is InChI=1S/C12H12ClFN2O3S/c1-15-12(17)4-5-16-7-11(20(13,18)19)9-6-8(14)2-3-10(9)16/h2-3,6-7H,4-5H2,1H3,(H,15,17). The highest BCUT2D eigenvalue weighted by atomic mass is 35.7. The molecule has 1 heterocycles. The first-order valence-electron chi connectivity index (χ1n) is 5.76. The molecule has 0 radical (unpaired) electrons. The van der Waals surface area contributed by atoms with Crippen molar-refractivity contribution in [3.05, 3.63) is 30.2 Å². The summed E-state index contributed by atoms with van der Waals surface area (Å²) >= 11 is 0. The SMILES string of the molecule is CNC(=O)CCn1cc(S(=O)(=O)Cl)c2cc(F)ccc21. The van der Waals surface area contributed by atoms with Gasteiger partial charge in [-0.1, -0.05) is 0 Å². The maximum atomic E-state index is 13.3. The fourth-order valence-corrected chi connectivity index (χ4v) is 3.01. The molecule has 0 aliphatic heterocycles. The van der Waals surface area contributed by atoms with Crippen LogP contribution in [0.4, 0.5) is 4.39 Å². The third kappa shape index (κ3) is 2.94. The van der Waals surface area contributed by atoms with Gasteiger partial charge in [0.05, 0.1) is 0 Å². The van der Waals surface area contributed by atoms with E-state index in [4.69, 9.17) is 10.7 Å². The molecule has 1 amide bonds. The van der Waals surface area contributed by atoms with Gasteiger partial charge in [0.1, 0.15) is 10.7 Å². The molecule has 20 heavy (non-hydrogen) atoms. The molecule has 2 aromatic rings. The van der Waals surface area contributed by atoms with E-state index in [9.17, 15) is 17.6 Å². The van der Waals surface area contributed by atoms with Gasteiger partial charge in [0.2, 0.25) is 5.91 Å². The van der Waals surface area contributed by atoms with Gasteiger partial charge in [-0.2, -0.15) is 0 Å². The van der Waals surface area contributed by atoms with Gasteiger partial charge in [0, 0.05) is 47.8 Å². The topological polar surface area (TPSA) is 68.2 Å². The molecule has 1 aromatic heterocycles. The second-order valence-electron chi connectivity index (χ2n) is 4.21. The first-order valence-corrected chi connectivity index (χ1v) is 8.07. The molecule has 0 unspecified atom stereocenters. The van der Waals surface area contributed by atoms with Crippen LogP contribution in [0.3, 0.4) is 0 Å². The molecule has 1 N–H and O–H groups in total. The number of hydrogen-bond acceptors (Lipinski definition) is 3. The first-order chi connectivity index (χ1) is 9.32. The maximum absolute atomic E-state index is 13.3. The summed E-state index contributed by atoms with van der Waals surface area (Å²) < 4.78 is 37.9. The van der Waals surface area contributed by atoms with Crippen LogP contribution in [0.5, 0.6) is 0 Å². The number of benzene rings is 1. The number of carbonyl (C=O) groups is 1. The van der Waals surface area contributed by atoms with Crippen molar-refractivity contribution in [2.24, 2.45) is 0 Å². The predicted molar refractivity (Wildman–Crippen MR) is 73.6 cm³/mol. The lowest BCUT2D eigenvalue weighted by molar-refractivity contribution is -0.120. The average molecular weight is 319 g/mol. The molecule has 8 heteroatoms. The summed E-state index contributed by atoms with van der Waals surface area (Å²) in [6.45, 7) is 0.272. The molecule has 0 fully saturated rings. The van der Waals surface area contributed by atoms with E-state index in [0.717, 1.165) is 6.07 Å². The molecule has 0 atom stereocenters. The molecule has 1 aromatic carbocycles. The fourth-order valence-electron chi connectivity index (χ4n) is 1.96. The van der Waals surface area contributed by atoms with Gasteiger partial charge in [-0.3, -0.25) is 4.79 Å². The molecule has 2 rings (SSSR count). The van der Waals surface area contributed by atoms with Crippen molar-refractivity contribution in [2.75, 3.05) is 7.05 Å². The monoisotopic (exact) mass is 318 g/mol. The minimum Gasteiger partial charge on any atom is -0.359 e. The highest BCUT2D eigenvalue weighted by Gasteiger charge is 2.19. The van der Waals surface area contributed by atoms with Crippen molar-refractivity contribution in [3.63, 3.8) is 0 Å². The third-order valence-corrected chi connectivity index (χ3v) is 4.28. The number of fused-ring (bicyclic) bond motifs is 1. The molecule has 108 valence electrons. The molecular weight excluding hydrogens is 307 g/mol. The van der Waals surface area contributed by atoms with Gasteiger partial charge in [-0.15, -0.1) is 0 Å². The highest BCUT2D eigenvalue weighted by molar-refractivity contribution is 8.14. The van der Waals surface area contributed by atoms with E-state index < -0.39 is 14.9 Å². The number of hydrogen-bond donors (Lipinski definition) is 1. The molecular formula is C12H12ClFN2O3S. The number of aryl methyl sites for hydroxylation is 1. The Morgan fingerprint density at radius 1 is 1.45 bits per heavy atom. The van der Waals surface area contributed by atoms with E-state index >= 15 is 0 Å². The molecule has 0 bridgehead atoms. The summed E-state index contributed by atoms with van der Waals surface area (Å²) in [7, 11) is 2.88. The van der Waals surface area contributed by atoms with E-state index in [2.05, 4.69) is 5.32 Å². The van der Waals surface area contributed by atoms with Crippen molar-refractivity contribution in [2.45, 2.75) is 17.9 Å². The Morgan fingerprint density at radius 3 is 2.75 bits per heavy atom. The number of rotatable bonds is 4. The van der Waals surface area contributed by atoms with Crippen LogP contribution in [0.25, 0.3) is 10.9 Å². The molecule has 5 nitrogen and oxygen atoms in total. The normalized spacial score (nSPS) is 11.8. The highest BCUT2D eigenvalue weighted by Crippen LogP contribution is 2.28. The Kier molecular flexibility index (Phi) is 4.01. The summed E-state index contributed by atoms with van der Waals surface area (Å²) in [5, 5.41) is 2.68. The van der Waals surface area contributed by atoms with Gasteiger partial charge in [0.15, 0.2) is 0 Å². The van der Waals surface area contributed by atoms with Gasteiger partial charge in [0.25, 0.3) is 9.05 Å². The molecule has 0 aliphatic carbocycles. The number of aromatic nitrogens is 1. The van der Waals surface area contributed by atoms with Crippen LogP contribution in [-0.2, 0) is 20.4 Å². The Hall–Kier alpha value is -1.60. The first kappa shape index (κ1) is 14.8. The van der Waals surface area contributed by atoms with Crippen LogP contribution < -0.4 is 5.32 Å². The van der Waals surface area contributed by atoms with Crippen LogP contribution in [0.2, 0.25) is 0 Å². The second kappa shape index (κ2) is 5.41. The fraction of sp³-hybridized carbons (Fsp3) is 0.250. The van der Waals surface area contributed by atoms with Crippen molar-refractivity contribution in [3.8, 4) is 0 Å². The van der Waals surface area contributed by atoms with Crippen LogP contribution in [-0.4, -0.2) is 25.9 Å². The number of carbonyl (C=O) groups excluding carboxylic acids is 1. The predicted octanol–water partition coefficient (Wildman–Crippen LogP) is 1.84. The summed E-state index contributed by atoms with van der Waals surface area (Å²) in [6, 6.07) is 3.80. The zero-order valence-electron chi connectivity index (χ0n) is 10.6. The van der Waals surface area contributed by atoms with Crippen LogP contribution >= 0.6 is 10.7 Å². The lowest BCUT2D eigenvalue weighted by atomic mass is 10.2. The maximum Gasteiger partial charge on any atom is 0.263 e. The lowest BCUT2D eigenvalue weighted by Gasteiger charge is -2.04. The molecule has 0 spiro atoms. The quantitative estimate of drug-likeness (QED) is 0.875. The van der Waals surface area contributed by atoms with Gasteiger partial charge in [-0.25, -0.2) is 12.8 Å². The molecule has 0 saturated carbocycles. The number of amides is 1. The van der Waals surface area contributed by atoms with Crippen molar-refractivity contribution in [1.82, 2.24) is 9.88 Å². The minimum absolute atomic E-state index is 0.162. The van der Waals surface area contributed by atoms with E-state index in [-0.39, 0.29) is 29.2 Å². The summed E-state index contributed by atoms with van der Waals surface area (Å²) in [5.41, 5.74) is 0.509. The van der Waals surface area contributed by atoms with E-state index in [1.54, 1.807) is 4.57 Å². The number of halogens is 2. The van der Waals surface area contributed by atoms with E-state index in [1.165, 1.54) is 25.4 Å². The lowest BCUT2D eigenvalue weighted by Crippen LogP contribution is -2.19. The zero-order chi connectivity index (χ0) is 14.9. The van der Waals surface area contributed by atoms with Gasteiger partial charge < -0.3 is 9.88 Å². The Morgan fingerprint density at radius 2 is 2.15 bits per heavy atom. The molecule has 0 saturated heterocycles. The average Bonchev–Trinajstić information content (AvgIpc) is 2.73. The number of nitrogens with one attached hydrogen (secondary N) is 1. The smallest absolute Gasteiger partial charge is 0.263 e. The third-order valence-electron chi connectivity index (χ3n) is 2.93.